The van der Waals surface area contributed by atoms with Crippen molar-refractivity contribution >= 4 is 11.8 Å². The SMILES string of the molecule is CSc1ccccc1OCC#N. The molecule has 1 aromatic rings. The zero-order valence-corrected chi connectivity index (χ0v) is 7.60. The van der Waals surface area contributed by atoms with E-state index in [0.29, 0.717) is 0 Å². The van der Waals surface area contributed by atoms with Gasteiger partial charge in [0.2, 0.25) is 0 Å². The number of nitriles is 1. The third kappa shape index (κ3) is 2.18. The van der Waals surface area contributed by atoms with Crippen molar-refractivity contribution in [1.82, 2.24) is 0 Å². The van der Waals surface area contributed by atoms with Crippen LogP contribution in [0.25, 0.3) is 0 Å². The van der Waals surface area contributed by atoms with Gasteiger partial charge in [-0.05, 0) is 18.4 Å². The van der Waals surface area contributed by atoms with Crippen LogP contribution in [0.2, 0.25) is 0 Å². The van der Waals surface area contributed by atoms with E-state index in [0.717, 1.165) is 10.6 Å². The fraction of sp³-hybridized carbons (Fsp3) is 0.222. The van der Waals surface area contributed by atoms with E-state index in [1.807, 2.05) is 36.6 Å². The average molecular weight is 179 g/mol. The van der Waals surface area contributed by atoms with Crippen molar-refractivity contribution in [1.29, 1.82) is 5.26 Å². The van der Waals surface area contributed by atoms with Crippen LogP contribution in [-0.2, 0) is 0 Å². The summed E-state index contributed by atoms with van der Waals surface area (Å²) in [6.07, 6.45) is 1.98. The summed E-state index contributed by atoms with van der Waals surface area (Å²) in [7, 11) is 0. The quantitative estimate of drug-likeness (QED) is 0.667. The molecule has 1 aromatic carbocycles. The van der Waals surface area contributed by atoms with Crippen LogP contribution < -0.4 is 4.74 Å². The summed E-state index contributed by atoms with van der Waals surface area (Å²) in [4.78, 5) is 1.06. The number of ether oxygens (including phenoxy) is 1. The van der Waals surface area contributed by atoms with Gasteiger partial charge >= 0.3 is 0 Å². The van der Waals surface area contributed by atoms with Crippen molar-refractivity contribution in [2.75, 3.05) is 12.9 Å². The lowest BCUT2D eigenvalue weighted by atomic mass is 10.3. The van der Waals surface area contributed by atoms with Crippen LogP contribution in [0.3, 0.4) is 0 Å². The molecule has 0 spiro atoms. The summed E-state index contributed by atoms with van der Waals surface area (Å²) in [6, 6.07) is 9.61. The first kappa shape index (κ1) is 8.95. The molecule has 0 amide bonds. The number of rotatable bonds is 3. The molecule has 0 aromatic heterocycles. The van der Waals surface area contributed by atoms with E-state index in [9.17, 15) is 0 Å². The fourth-order valence-corrected chi connectivity index (χ4v) is 1.39. The lowest BCUT2D eigenvalue weighted by Crippen LogP contribution is -1.94. The van der Waals surface area contributed by atoms with E-state index in [-0.39, 0.29) is 6.61 Å². The highest BCUT2D eigenvalue weighted by atomic mass is 32.2. The van der Waals surface area contributed by atoms with Crippen LogP contribution in [0.4, 0.5) is 0 Å². The minimum atomic E-state index is 0.109. The Bertz CT molecular complexity index is 293. The molecule has 0 N–H and O–H groups in total. The Hall–Kier alpha value is -1.14. The van der Waals surface area contributed by atoms with Crippen LogP contribution >= 0.6 is 11.8 Å². The van der Waals surface area contributed by atoms with Crippen molar-refractivity contribution < 1.29 is 4.74 Å². The summed E-state index contributed by atoms with van der Waals surface area (Å²) >= 11 is 1.61. The second-order valence-electron chi connectivity index (χ2n) is 2.10. The molecule has 0 aliphatic carbocycles. The van der Waals surface area contributed by atoms with E-state index in [4.69, 9.17) is 10.00 Å². The van der Waals surface area contributed by atoms with Gasteiger partial charge in [-0.25, -0.2) is 0 Å². The first-order valence-electron chi connectivity index (χ1n) is 3.51. The molecule has 12 heavy (non-hydrogen) atoms. The Balaban J connectivity index is 2.76. The van der Waals surface area contributed by atoms with Crippen molar-refractivity contribution in [3.8, 4) is 11.8 Å². The summed E-state index contributed by atoms with van der Waals surface area (Å²) in [5.41, 5.74) is 0. The highest BCUT2D eigenvalue weighted by Crippen LogP contribution is 2.26. The normalized spacial score (nSPS) is 9.00. The van der Waals surface area contributed by atoms with E-state index in [1.54, 1.807) is 11.8 Å². The number of benzene rings is 1. The van der Waals surface area contributed by atoms with Gasteiger partial charge in [-0.2, -0.15) is 5.26 Å². The molecule has 62 valence electrons. The molecule has 1 rings (SSSR count). The molecule has 0 atom stereocenters. The summed E-state index contributed by atoms with van der Waals surface area (Å²) in [5.74, 6) is 0.784. The molecular weight excluding hydrogens is 170 g/mol. The van der Waals surface area contributed by atoms with E-state index >= 15 is 0 Å². The Morgan fingerprint density at radius 3 is 2.92 bits per heavy atom. The van der Waals surface area contributed by atoms with Crippen LogP contribution in [0.1, 0.15) is 0 Å². The molecule has 0 bridgehead atoms. The zero-order valence-electron chi connectivity index (χ0n) is 6.78. The molecule has 0 aliphatic rings. The lowest BCUT2D eigenvalue weighted by molar-refractivity contribution is 0.359. The van der Waals surface area contributed by atoms with Gasteiger partial charge in [0.1, 0.15) is 11.8 Å². The second-order valence-corrected chi connectivity index (χ2v) is 2.95. The first-order chi connectivity index (χ1) is 5.88. The molecule has 0 saturated carbocycles. The Morgan fingerprint density at radius 2 is 2.25 bits per heavy atom. The topological polar surface area (TPSA) is 33.0 Å². The molecule has 0 fully saturated rings. The minimum absolute atomic E-state index is 0.109. The maximum absolute atomic E-state index is 8.31. The Labute approximate surface area is 76.2 Å². The van der Waals surface area contributed by atoms with Crippen LogP contribution in [-0.4, -0.2) is 12.9 Å². The monoisotopic (exact) mass is 179 g/mol. The van der Waals surface area contributed by atoms with Crippen LogP contribution in [0.5, 0.6) is 5.75 Å². The fourth-order valence-electron chi connectivity index (χ4n) is 0.848. The maximum atomic E-state index is 8.31. The lowest BCUT2D eigenvalue weighted by Gasteiger charge is -2.05. The van der Waals surface area contributed by atoms with Gasteiger partial charge in [0.15, 0.2) is 6.61 Å². The summed E-state index contributed by atoms with van der Waals surface area (Å²) in [6.45, 7) is 0.109. The van der Waals surface area contributed by atoms with Crippen molar-refractivity contribution in [3.05, 3.63) is 24.3 Å². The van der Waals surface area contributed by atoms with Crippen molar-refractivity contribution in [2.24, 2.45) is 0 Å². The second kappa shape index (κ2) is 4.68. The van der Waals surface area contributed by atoms with Gasteiger partial charge in [0.05, 0.1) is 0 Å². The molecule has 0 aliphatic heterocycles. The van der Waals surface area contributed by atoms with Gasteiger partial charge in [0, 0.05) is 4.90 Å². The predicted octanol–water partition coefficient (Wildman–Crippen LogP) is 2.31. The molecule has 0 heterocycles. The highest BCUT2D eigenvalue weighted by molar-refractivity contribution is 7.98. The Morgan fingerprint density at radius 1 is 1.50 bits per heavy atom. The molecule has 0 radical (unpaired) electrons. The molecule has 0 unspecified atom stereocenters. The summed E-state index contributed by atoms with van der Waals surface area (Å²) in [5, 5.41) is 8.31. The molecule has 0 saturated heterocycles. The Kier molecular flexibility index (Phi) is 3.49. The number of hydrogen-bond acceptors (Lipinski definition) is 3. The molecule has 3 heteroatoms. The average Bonchev–Trinajstić information content (AvgIpc) is 2.15. The van der Waals surface area contributed by atoms with E-state index in [1.165, 1.54) is 0 Å². The summed E-state index contributed by atoms with van der Waals surface area (Å²) < 4.78 is 5.20. The smallest absolute Gasteiger partial charge is 0.174 e. The third-order valence-corrected chi connectivity index (χ3v) is 2.14. The molecular formula is C9H9NOS. The van der Waals surface area contributed by atoms with Gasteiger partial charge in [0.25, 0.3) is 0 Å². The highest BCUT2D eigenvalue weighted by Gasteiger charge is 1.99. The number of para-hydroxylation sites is 1. The number of nitrogens with zero attached hydrogens (tertiary/aromatic N) is 1. The van der Waals surface area contributed by atoms with Crippen LogP contribution in [0, 0.1) is 11.3 Å². The largest absolute Gasteiger partial charge is 0.478 e. The van der Waals surface area contributed by atoms with Crippen molar-refractivity contribution in [2.45, 2.75) is 4.90 Å². The maximum Gasteiger partial charge on any atom is 0.174 e. The van der Waals surface area contributed by atoms with Gasteiger partial charge in [-0.3, -0.25) is 0 Å². The first-order valence-corrected chi connectivity index (χ1v) is 4.73. The van der Waals surface area contributed by atoms with Gasteiger partial charge in [-0.15, -0.1) is 11.8 Å². The standard InChI is InChI=1S/C9H9NOS/c1-12-9-5-3-2-4-8(9)11-7-6-10/h2-5H,7H2,1H3. The third-order valence-electron chi connectivity index (χ3n) is 1.36. The van der Waals surface area contributed by atoms with Crippen LogP contribution in [0.15, 0.2) is 29.2 Å². The van der Waals surface area contributed by atoms with Crippen molar-refractivity contribution in [3.63, 3.8) is 0 Å². The number of thioether (sulfide) groups is 1. The zero-order chi connectivity index (χ0) is 8.81. The van der Waals surface area contributed by atoms with E-state index in [2.05, 4.69) is 0 Å². The number of hydrogen-bond donors (Lipinski definition) is 0. The minimum Gasteiger partial charge on any atom is -0.478 e. The van der Waals surface area contributed by atoms with E-state index < -0.39 is 0 Å². The van der Waals surface area contributed by atoms with Gasteiger partial charge in [-0.1, -0.05) is 12.1 Å². The molecule has 2 nitrogen and oxygen atoms in total. The predicted molar refractivity (Wildman–Crippen MR) is 49.3 cm³/mol. The van der Waals surface area contributed by atoms with Gasteiger partial charge < -0.3 is 4.74 Å².